The number of esters is 1. The third kappa shape index (κ3) is 6.22. The van der Waals surface area contributed by atoms with Crippen LogP contribution >= 0.6 is 11.6 Å². The van der Waals surface area contributed by atoms with Crippen molar-refractivity contribution in [1.82, 2.24) is 9.91 Å². The number of likely N-dealkylation sites (N-methyl/N-ethyl adjacent to an activating group) is 1. The highest BCUT2D eigenvalue weighted by atomic mass is 35.5. The average Bonchev–Trinajstić information content (AvgIpc) is 3.10. The number of benzene rings is 1. The number of ether oxygens (including phenoxy) is 1. The van der Waals surface area contributed by atoms with Crippen LogP contribution in [-0.2, 0) is 16.1 Å². The van der Waals surface area contributed by atoms with Crippen molar-refractivity contribution >= 4 is 23.8 Å². The Labute approximate surface area is 180 Å². The van der Waals surface area contributed by atoms with E-state index < -0.39 is 30.3 Å². The monoisotopic (exact) mass is 445 g/mol. The van der Waals surface area contributed by atoms with Gasteiger partial charge in [-0.2, -0.15) is 18.3 Å². The summed E-state index contributed by atoms with van der Waals surface area (Å²) in [7, 11) is 1.71. The largest absolute Gasteiger partial charge is 0.465 e. The quantitative estimate of drug-likeness (QED) is 0.402. The maximum absolute atomic E-state index is 14.0. The van der Waals surface area contributed by atoms with Crippen LogP contribution in [0.2, 0.25) is 5.02 Å². The topological polar surface area (TPSA) is 45.1 Å². The number of carbonyl (C=O) groups is 1. The van der Waals surface area contributed by atoms with Gasteiger partial charge < -0.3 is 4.74 Å². The number of allylic oxidation sites excluding steroid dienone is 1. The molecule has 0 N–H and O–H groups in total. The summed E-state index contributed by atoms with van der Waals surface area (Å²) >= 11 is 6.04. The Morgan fingerprint density at radius 3 is 2.73 bits per heavy atom. The molecule has 1 aliphatic rings. The first-order chi connectivity index (χ1) is 14.2. The molecule has 0 bridgehead atoms. The third-order valence-corrected chi connectivity index (χ3v) is 4.92. The van der Waals surface area contributed by atoms with Crippen molar-refractivity contribution in [2.45, 2.75) is 51.6 Å². The van der Waals surface area contributed by atoms with Gasteiger partial charge in [-0.25, -0.2) is 0 Å². The van der Waals surface area contributed by atoms with E-state index in [1.54, 1.807) is 43.1 Å². The summed E-state index contributed by atoms with van der Waals surface area (Å²) in [5.41, 5.74) is 0.854. The highest BCUT2D eigenvalue weighted by molar-refractivity contribution is 6.30. The molecule has 9 heteroatoms. The molecule has 0 aromatic heterocycles. The van der Waals surface area contributed by atoms with Crippen LogP contribution in [0.1, 0.15) is 32.3 Å². The van der Waals surface area contributed by atoms with E-state index in [0.717, 1.165) is 29.6 Å². The van der Waals surface area contributed by atoms with Crippen LogP contribution in [0.5, 0.6) is 0 Å². The lowest BCUT2D eigenvalue weighted by atomic mass is 10.0. The van der Waals surface area contributed by atoms with Crippen molar-refractivity contribution in [2.24, 2.45) is 11.0 Å². The second kappa shape index (κ2) is 10.8. The fourth-order valence-corrected chi connectivity index (χ4v) is 3.53. The molecule has 3 unspecified atom stereocenters. The van der Waals surface area contributed by atoms with Crippen LogP contribution in [0.25, 0.3) is 0 Å². The van der Waals surface area contributed by atoms with Crippen molar-refractivity contribution in [2.75, 3.05) is 13.7 Å². The number of alkyl halides is 3. The van der Waals surface area contributed by atoms with Crippen molar-refractivity contribution in [3.05, 3.63) is 47.0 Å². The summed E-state index contributed by atoms with van der Waals surface area (Å²) in [6.45, 7) is 3.89. The first-order valence-corrected chi connectivity index (χ1v) is 10.2. The molecule has 0 fully saturated rings. The molecule has 0 amide bonds. The molecular weight excluding hydrogens is 419 g/mol. The molecule has 1 aromatic rings. The van der Waals surface area contributed by atoms with Gasteiger partial charge in [0.25, 0.3) is 0 Å². The van der Waals surface area contributed by atoms with E-state index in [1.165, 1.54) is 0 Å². The number of hydrogen-bond donors (Lipinski definition) is 0. The molecule has 0 aliphatic carbocycles. The molecule has 30 heavy (non-hydrogen) atoms. The minimum atomic E-state index is -4.67. The summed E-state index contributed by atoms with van der Waals surface area (Å²) in [5, 5.41) is 5.49. The lowest BCUT2D eigenvalue weighted by Crippen LogP contribution is -2.54. The van der Waals surface area contributed by atoms with Crippen molar-refractivity contribution in [1.29, 1.82) is 0 Å². The van der Waals surface area contributed by atoms with E-state index in [4.69, 9.17) is 16.3 Å². The predicted octanol–water partition coefficient (Wildman–Crippen LogP) is 4.87. The van der Waals surface area contributed by atoms with Crippen LogP contribution in [0, 0.1) is 5.92 Å². The molecule has 1 aliphatic heterocycles. The minimum absolute atomic E-state index is 0.00223. The first-order valence-electron chi connectivity index (χ1n) is 9.86. The molecule has 0 saturated carbocycles. The molecule has 0 spiro atoms. The normalized spacial score (nSPS) is 20.3. The Morgan fingerprint density at radius 1 is 1.40 bits per heavy atom. The van der Waals surface area contributed by atoms with E-state index in [9.17, 15) is 18.0 Å². The summed E-state index contributed by atoms with van der Waals surface area (Å²) in [6, 6.07) is 5.04. The molecule has 3 atom stereocenters. The number of halogens is 4. The summed E-state index contributed by atoms with van der Waals surface area (Å²) in [5.74, 6) is -2.44. The second-order valence-electron chi connectivity index (χ2n) is 7.08. The predicted molar refractivity (Wildman–Crippen MR) is 111 cm³/mol. The lowest BCUT2D eigenvalue weighted by Gasteiger charge is -2.38. The fraction of sp³-hybridized carbons (Fsp3) is 0.524. The smallest absolute Gasteiger partial charge is 0.411 e. The van der Waals surface area contributed by atoms with Gasteiger partial charge in [0.05, 0.1) is 6.61 Å². The maximum Gasteiger partial charge on any atom is 0.411 e. The van der Waals surface area contributed by atoms with Gasteiger partial charge in [0.2, 0.25) is 0 Å². The van der Waals surface area contributed by atoms with E-state index in [0.29, 0.717) is 11.6 Å². The highest BCUT2D eigenvalue weighted by Crippen LogP contribution is 2.36. The average molecular weight is 446 g/mol. The Kier molecular flexibility index (Phi) is 8.73. The van der Waals surface area contributed by atoms with Crippen molar-refractivity contribution in [3.63, 3.8) is 0 Å². The van der Waals surface area contributed by atoms with Gasteiger partial charge in [-0.05, 0) is 44.2 Å². The summed E-state index contributed by atoms with van der Waals surface area (Å²) < 4.78 is 46.7. The molecule has 1 heterocycles. The van der Waals surface area contributed by atoms with Gasteiger partial charge in [0, 0.05) is 17.8 Å². The Bertz CT molecular complexity index is 770. The van der Waals surface area contributed by atoms with Gasteiger partial charge >= 0.3 is 12.1 Å². The number of hydrazone groups is 1. The molecule has 166 valence electrons. The van der Waals surface area contributed by atoms with Gasteiger partial charge in [0.15, 0.2) is 6.04 Å². The number of rotatable bonds is 9. The van der Waals surface area contributed by atoms with Crippen LogP contribution in [0.4, 0.5) is 13.2 Å². The molecule has 1 aromatic carbocycles. The maximum atomic E-state index is 14.0. The zero-order chi connectivity index (χ0) is 22.3. The zero-order valence-corrected chi connectivity index (χ0v) is 18.0. The molecule has 0 saturated heterocycles. The van der Waals surface area contributed by atoms with E-state index >= 15 is 0 Å². The number of hydrogen-bond acceptors (Lipinski definition) is 5. The van der Waals surface area contributed by atoms with E-state index in [2.05, 4.69) is 5.10 Å². The van der Waals surface area contributed by atoms with Crippen molar-refractivity contribution in [3.8, 4) is 0 Å². The van der Waals surface area contributed by atoms with Gasteiger partial charge in [-0.3, -0.25) is 14.7 Å². The van der Waals surface area contributed by atoms with Crippen molar-refractivity contribution < 1.29 is 22.7 Å². The van der Waals surface area contributed by atoms with Gasteiger partial charge in [-0.1, -0.05) is 43.2 Å². The van der Waals surface area contributed by atoms with Crippen LogP contribution in [0.3, 0.4) is 0 Å². The standard InChI is InChI=1S/C21H27ClF3N3O2/c1-4-6-7-11-18(27(3)14-15-9-8-10-16(22)12-15)28-19(21(23,24)25)17(13-26-28)20(29)30-5-2/h7-13,17-19H,4-6,14H2,1-3H3/b11-7-. The number of unbranched alkanes of at least 4 members (excludes halogenated alkanes) is 1. The van der Waals surface area contributed by atoms with Crippen LogP contribution in [0.15, 0.2) is 41.5 Å². The lowest BCUT2D eigenvalue weighted by molar-refractivity contribution is -0.203. The first kappa shape index (κ1) is 24.2. The van der Waals surface area contributed by atoms with E-state index in [-0.39, 0.29) is 6.61 Å². The Morgan fingerprint density at radius 2 is 2.13 bits per heavy atom. The molecule has 5 nitrogen and oxygen atoms in total. The number of carbonyl (C=O) groups excluding carboxylic acids is 1. The Balaban J connectivity index is 2.34. The summed E-state index contributed by atoms with van der Waals surface area (Å²) in [4.78, 5) is 13.9. The molecule has 2 rings (SSSR count). The summed E-state index contributed by atoms with van der Waals surface area (Å²) in [6.07, 6.45) is 0.664. The molecule has 0 radical (unpaired) electrons. The van der Waals surface area contributed by atoms with E-state index in [1.807, 2.05) is 19.1 Å². The number of nitrogens with zero attached hydrogens (tertiary/aromatic N) is 3. The minimum Gasteiger partial charge on any atom is -0.465 e. The van der Waals surface area contributed by atoms with Gasteiger partial charge in [0.1, 0.15) is 12.1 Å². The zero-order valence-electron chi connectivity index (χ0n) is 17.3. The van der Waals surface area contributed by atoms with Gasteiger partial charge in [-0.15, -0.1) is 0 Å². The van der Waals surface area contributed by atoms with Crippen LogP contribution < -0.4 is 0 Å². The highest BCUT2D eigenvalue weighted by Gasteiger charge is 2.55. The Hall–Kier alpha value is -2.06. The third-order valence-electron chi connectivity index (χ3n) is 4.69. The molecular formula is C21H27ClF3N3O2. The fourth-order valence-electron chi connectivity index (χ4n) is 3.32. The SMILES string of the molecule is CCC/C=C\C(N(C)Cc1cccc(Cl)c1)N1N=CC(C(=O)OCC)C1C(F)(F)F. The second-order valence-corrected chi connectivity index (χ2v) is 7.52. The van der Waals surface area contributed by atoms with Crippen LogP contribution in [-0.4, -0.2) is 54.1 Å².